The molecular weight excluding hydrogens is 753 g/mol. The van der Waals surface area contributed by atoms with Crippen LogP contribution in [0.25, 0.3) is 11.1 Å². The summed E-state index contributed by atoms with van der Waals surface area (Å²) in [6.07, 6.45) is 16.6. The van der Waals surface area contributed by atoms with Crippen LogP contribution < -0.4 is 9.47 Å². The summed E-state index contributed by atoms with van der Waals surface area (Å²) in [5.74, 6) is 1.49. The van der Waals surface area contributed by atoms with E-state index in [1.807, 2.05) is 47.4 Å². The van der Waals surface area contributed by atoms with Gasteiger partial charge < -0.3 is 34.2 Å². The number of benzene rings is 3. The molecule has 2 saturated carbocycles. The smallest absolute Gasteiger partial charge is 0.239 e. The Kier molecular flexibility index (Phi) is 15.2. The van der Waals surface area contributed by atoms with Crippen molar-refractivity contribution in [2.45, 2.75) is 115 Å². The zero-order valence-electron chi connectivity index (χ0n) is 35.8. The lowest BCUT2D eigenvalue weighted by molar-refractivity contribution is -0.257. The van der Waals surface area contributed by atoms with Crippen molar-refractivity contribution in [3.8, 4) is 28.4 Å². The van der Waals surface area contributed by atoms with Crippen LogP contribution in [-0.2, 0) is 14.4 Å². The average Bonchev–Trinajstić information content (AvgIpc) is 3.80. The van der Waals surface area contributed by atoms with E-state index in [1.54, 1.807) is 13.2 Å². The molecule has 4 aliphatic rings. The number of hydrogen-bond donors (Lipinski definition) is 2. The molecule has 0 spiro atoms. The molecule has 3 aromatic carbocycles. The lowest BCUT2D eigenvalue weighted by Gasteiger charge is -2.60. The van der Waals surface area contributed by atoms with Gasteiger partial charge in [0, 0.05) is 44.1 Å². The molecule has 0 unspecified atom stereocenters. The number of fused-ring (bicyclic) bond motifs is 2. The van der Waals surface area contributed by atoms with E-state index in [-0.39, 0.29) is 49.4 Å². The molecule has 3 aliphatic carbocycles. The van der Waals surface area contributed by atoms with Gasteiger partial charge in [0.15, 0.2) is 0 Å². The Labute approximate surface area is 357 Å². The van der Waals surface area contributed by atoms with Crippen molar-refractivity contribution in [1.82, 2.24) is 4.90 Å². The van der Waals surface area contributed by atoms with E-state index in [9.17, 15) is 15.0 Å². The van der Waals surface area contributed by atoms with E-state index in [1.165, 1.54) is 25.7 Å². The van der Waals surface area contributed by atoms with Crippen molar-refractivity contribution < 1.29 is 34.1 Å². The largest absolute Gasteiger partial charge is 0.459 e. The van der Waals surface area contributed by atoms with Crippen molar-refractivity contribution in [1.29, 1.82) is 0 Å². The lowest BCUT2D eigenvalue weighted by Crippen LogP contribution is -2.70. The SMILES string of the molecule is C=CCO[C@@]12Oc3ccc(Oc4ccc(-c5ccccc5)cc4)cc3[C@H]3[C@H](CCCCO)[C@@H](CCCCO)C=C(C(=NOC)C[C@@H]1N(CCC)C(=O)CCC1CCCC1)[C@H]32. The predicted molar refractivity (Wildman–Crippen MR) is 237 cm³/mol. The van der Waals surface area contributed by atoms with E-state index < -0.39 is 11.8 Å². The number of oxime groups is 1. The van der Waals surface area contributed by atoms with Gasteiger partial charge in [-0.1, -0.05) is 105 Å². The first-order valence-corrected chi connectivity index (χ1v) is 22.7. The molecule has 2 fully saturated rings. The molecule has 60 heavy (non-hydrogen) atoms. The quantitative estimate of drug-likeness (QED) is 0.0626. The minimum atomic E-state index is -1.25. The fourth-order valence-electron chi connectivity index (χ4n) is 10.8. The van der Waals surface area contributed by atoms with Crippen molar-refractivity contribution in [3.05, 3.63) is 103 Å². The maximum absolute atomic E-state index is 14.6. The van der Waals surface area contributed by atoms with E-state index in [2.05, 4.69) is 49.9 Å². The van der Waals surface area contributed by atoms with Gasteiger partial charge in [-0.25, -0.2) is 0 Å². The van der Waals surface area contributed by atoms with Crippen LogP contribution in [0.5, 0.6) is 17.2 Å². The van der Waals surface area contributed by atoms with Gasteiger partial charge in [-0.05, 0) is 103 Å². The molecular formula is C51H66N2O7. The standard InChI is InChI=1S/C51H66N2O7/c1-4-29-53(48(56)28-21-36-15-9-10-16-36)47-35-45(52-57-3)43-33-39(19-11-13-30-54)42(20-12-14-31-55)49-44-34-41(26-27-46(44)60-51(47,50(43)49)58-32-5-2)59-40-24-22-38(23-25-40)37-17-7-6-8-18-37/h5-8,17-18,22-27,33-34,36,39,42,47,49-50,54-55H,2,4,9-16,19-21,28-32,35H2,1,3H3/t39-,42+,47-,49+,50+,51+/m0/s1. The van der Waals surface area contributed by atoms with E-state index >= 15 is 0 Å². The zero-order chi connectivity index (χ0) is 41.9. The first-order valence-electron chi connectivity index (χ1n) is 22.7. The molecule has 6 atom stereocenters. The summed E-state index contributed by atoms with van der Waals surface area (Å²) < 4.78 is 21.1. The van der Waals surface area contributed by atoms with Crippen molar-refractivity contribution in [2.24, 2.45) is 28.8 Å². The first-order chi connectivity index (χ1) is 29.4. The molecule has 9 nitrogen and oxygen atoms in total. The summed E-state index contributed by atoms with van der Waals surface area (Å²) >= 11 is 0. The van der Waals surface area contributed by atoms with Crippen LogP contribution in [0.2, 0.25) is 0 Å². The Hall–Kier alpha value is -4.44. The fourth-order valence-corrected chi connectivity index (χ4v) is 10.8. The van der Waals surface area contributed by atoms with Crippen molar-refractivity contribution in [3.63, 3.8) is 0 Å². The van der Waals surface area contributed by atoms with E-state index in [0.29, 0.717) is 37.5 Å². The summed E-state index contributed by atoms with van der Waals surface area (Å²) in [5.41, 5.74) is 5.16. The van der Waals surface area contributed by atoms with Gasteiger partial charge in [-0.3, -0.25) is 4.79 Å². The highest BCUT2D eigenvalue weighted by atomic mass is 16.7. The number of aliphatic hydroxyl groups is 2. The third kappa shape index (κ3) is 9.54. The molecule has 7 rings (SSSR count). The summed E-state index contributed by atoms with van der Waals surface area (Å²) in [7, 11) is 1.59. The molecule has 1 aliphatic heterocycles. The van der Waals surface area contributed by atoms with E-state index in [4.69, 9.17) is 24.2 Å². The topological polar surface area (TPSA) is 110 Å². The van der Waals surface area contributed by atoms with Crippen molar-refractivity contribution >= 4 is 11.6 Å². The Bertz CT molecular complexity index is 1920. The van der Waals surface area contributed by atoms with Crippen LogP contribution in [-0.4, -0.2) is 72.0 Å². The number of ether oxygens (including phenoxy) is 3. The zero-order valence-corrected chi connectivity index (χ0v) is 35.8. The van der Waals surface area contributed by atoms with Crippen LogP contribution in [0.15, 0.2) is 102 Å². The number of unbranched alkanes of at least 4 members (excludes halogenated alkanes) is 2. The lowest BCUT2D eigenvalue weighted by atomic mass is 9.55. The number of carbonyl (C=O) groups is 1. The third-order valence-electron chi connectivity index (χ3n) is 13.4. The van der Waals surface area contributed by atoms with Crippen LogP contribution in [0, 0.1) is 23.7 Å². The second kappa shape index (κ2) is 20.9. The minimum absolute atomic E-state index is 0.109. The van der Waals surface area contributed by atoms with Crippen LogP contribution >= 0.6 is 0 Å². The highest BCUT2D eigenvalue weighted by molar-refractivity contribution is 6.03. The van der Waals surface area contributed by atoms with Gasteiger partial charge in [0.25, 0.3) is 0 Å². The molecule has 1 heterocycles. The number of nitrogens with zero attached hydrogens (tertiary/aromatic N) is 2. The highest BCUT2D eigenvalue weighted by Gasteiger charge is 2.65. The third-order valence-corrected chi connectivity index (χ3v) is 13.4. The van der Waals surface area contributed by atoms with Gasteiger partial charge in [-0.15, -0.1) is 6.58 Å². The molecule has 0 saturated heterocycles. The second-order valence-electron chi connectivity index (χ2n) is 17.2. The summed E-state index contributed by atoms with van der Waals surface area (Å²) in [4.78, 5) is 22.3. The summed E-state index contributed by atoms with van der Waals surface area (Å²) in [5, 5.41) is 24.6. The molecule has 0 bridgehead atoms. The van der Waals surface area contributed by atoms with Gasteiger partial charge >= 0.3 is 0 Å². The Morgan fingerprint density at radius 2 is 1.65 bits per heavy atom. The Balaban J connectivity index is 1.35. The van der Waals surface area contributed by atoms with Gasteiger partial charge in [0.1, 0.15) is 30.4 Å². The monoisotopic (exact) mass is 818 g/mol. The number of allylic oxidation sites excluding steroid dienone is 1. The Morgan fingerprint density at radius 3 is 2.35 bits per heavy atom. The number of rotatable bonds is 21. The van der Waals surface area contributed by atoms with E-state index in [0.717, 1.165) is 84.4 Å². The van der Waals surface area contributed by atoms with Crippen LogP contribution in [0.4, 0.5) is 0 Å². The van der Waals surface area contributed by atoms with Gasteiger partial charge in [-0.2, -0.15) is 0 Å². The fraction of sp³-hybridized carbons (Fsp3) is 0.529. The number of carbonyl (C=O) groups excluding carboxylic acids is 1. The molecule has 3 aromatic rings. The molecule has 322 valence electrons. The molecule has 0 radical (unpaired) electrons. The van der Waals surface area contributed by atoms with Gasteiger partial charge in [0.2, 0.25) is 11.7 Å². The predicted octanol–water partition coefficient (Wildman–Crippen LogP) is 10.6. The molecule has 9 heteroatoms. The van der Waals surface area contributed by atoms with Gasteiger partial charge in [0.05, 0.1) is 18.2 Å². The highest BCUT2D eigenvalue weighted by Crippen LogP contribution is 2.62. The van der Waals surface area contributed by atoms with Crippen LogP contribution in [0.1, 0.15) is 108 Å². The minimum Gasteiger partial charge on any atom is -0.459 e. The van der Waals surface area contributed by atoms with Crippen molar-refractivity contribution in [2.75, 3.05) is 33.5 Å². The summed E-state index contributed by atoms with van der Waals surface area (Å²) in [6.45, 7) is 7.28. The Morgan fingerprint density at radius 1 is 0.933 bits per heavy atom. The average molecular weight is 819 g/mol. The number of hydrogen-bond acceptors (Lipinski definition) is 8. The molecule has 1 amide bonds. The van der Waals surface area contributed by atoms with Crippen LogP contribution in [0.3, 0.4) is 0 Å². The molecule has 0 aromatic heterocycles. The molecule has 2 N–H and O–H groups in total. The maximum Gasteiger partial charge on any atom is 0.239 e. The second-order valence-corrected chi connectivity index (χ2v) is 17.2. The number of aliphatic hydroxyl groups excluding tert-OH is 2. The maximum atomic E-state index is 14.6. The first kappa shape index (κ1) is 43.6. The number of amides is 1. The summed E-state index contributed by atoms with van der Waals surface area (Å²) in [6, 6.07) is 24.1. The normalized spacial score (nSPS) is 25.2.